The molecule has 1 aliphatic heterocycles. The molecule has 17 heavy (non-hydrogen) atoms. The summed E-state index contributed by atoms with van der Waals surface area (Å²) in [4.78, 5) is 0. The van der Waals surface area contributed by atoms with E-state index in [1.165, 1.54) is 0 Å². The topological polar surface area (TPSA) is 44.5 Å². The summed E-state index contributed by atoms with van der Waals surface area (Å²) in [6, 6.07) is 3.45. The number of halogens is 2. The maximum absolute atomic E-state index is 6.13. The molecule has 0 radical (unpaired) electrons. The van der Waals surface area contributed by atoms with Crippen LogP contribution in [0.25, 0.3) is 0 Å². The molecule has 94 valence electrons. The van der Waals surface area contributed by atoms with E-state index in [1.807, 2.05) is 0 Å². The molecule has 1 saturated heterocycles. The summed E-state index contributed by atoms with van der Waals surface area (Å²) in [5, 5.41) is 1.08. The van der Waals surface area contributed by atoms with E-state index in [2.05, 4.69) is 0 Å². The molecule has 2 N–H and O–H groups in total. The molecular formula is C12H15Cl2NO2. The zero-order valence-corrected chi connectivity index (χ0v) is 10.9. The van der Waals surface area contributed by atoms with Crippen LogP contribution in [0.15, 0.2) is 12.1 Å². The van der Waals surface area contributed by atoms with Gasteiger partial charge >= 0.3 is 0 Å². The molecule has 1 atom stereocenters. The monoisotopic (exact) mass is 275 g/mol. The Balaban J connectivity index is 2.18. The van der Waals surface area contributed by atoms with Crippen LogP contribution >= 0.6 is 23.2 Å². The minimum atomic E-state index is 0.0488. The highest BCUT2D eigenvalue weighted by Crippen LogP contribution is 2.33. The fourth-order valence-corrected chi connectivity index (χ4v) is 2.45. The predicted octanol–water partition coefficient (Wildman–Crippen LogP) is 3.01. The molecule has 5 heteroatoms. The second-order valence-corrected chi connectivity index (χ2v) is 4.88. The van der Waals surface area contributed by atoms with Crippen LogP contribution < -0.4 is 10.5 Å². The zero-order chi connectivity index (χ0) is 12.3. The first-order chi connectivity index (χ1) is 8.20. The Bertz CT molecular complexity index is 392. The Morgan fingerprint density at radius 1 is 1.41 bits per heavy atom. The van der Waals surface area contributed by atoms with Crippen LogP contribution in [-0.2, 0) is 11.3 Å². The number of benzene rings is 1. The average molecular weight is 276 g/mol. The van der Waals surface area contributed by atoms with Crippen molar-refractivity contribution in [1.82, 2.24) is 0 Å². The fraction of sp³-hybridized carbons (Fsp3) is 0.500. The lowest BCUT2D eigenvalue weighted by Crippen LogP contribution is -2.28. The summed E-state index contributed by atoms with van der Waals surface area (Å²) in [7, 11) is 0. The normalized spacial score (nSPS) is 20.3. The molecule has 3 nitrogen and oxygen atoms in total. The summed E-state index contributed by atoms with van der Waals surface area (Å²) in [5.74, 6) is 0.633. The molecule has 0 aromatic heterocycles. The van der Waals surface area contributed by atoms with Crippen molar-refractivity contribution >= 4 is 23.2 Å². The molecule has 0 amide bonds. The highest BCUT2D eigenvalue weighted by atomic mass is 35.5. The molecule has 1 heterocycles. The predicted molar refractivity (Wildman–Crippen MR) is 68.8 cm³/mol. The molecule has 2 rings (SSSR count). The Morgan fingerprint density at radius 2 is 2.24 bits per heavy atom. The van der Waals surface area contributed by atoms with Crippen LogP contribution in [0.1, 0.15) is 18.4 Å². The van der Waals surface area contributed by atoms with Gasteiger partial charge in [0.2, 0.25) is 0 Å². The van der Waals surface area contributed by atoms with Crippen molar-refractivity contribution in [1.29, 1.82) is 0 Å². The third-order valence-electron chi connectivity index (χ3n) is 2.71. The summed E-state index contributed by atoms with van der Waals surface area (Å²) < 4.78 is 11.2. The van der Waals surface area contributed by atoms with E-state index >= 15 is 0 Å². The third kappa shape index (κ3) is 3.26. The van der Waals surface area contributed by atoms with Gasteiger partial charge in [0.25, 0.3) is 0 Å². The van der Waals surface area contributed by atoms with E-state index in [9.17, 15) is 0 Å². The van der Waals surface area contributed by atoms with E-state index < -0.39 is 0 Å². The Morgan fingerprint density at radius 3 is 2.88 bits per heavy atom. The highest BCUT2D eigenvalue weighted by molar-refractivity contribution is 6.35. The first kappa shape index (κ1) is 13.0. The number of hydrogen-bond acceptors (Lipinski definition) is 3. The second-order valence-electron chi connectivity index (χ2n) is 4.04. The first-order valence-corrected chi connectivity index (χ1v) is 6.38. The van der Waals surface area contributed by atoms with Gasteiger partial charge in [-0.05, 0) is 25.0 Å². The van der Waals surface area contributed by atoms with Gasteiger partial charge in [-0.2, -0.15) is 0 Å². The lowest BCUT2D eigenvalue weighted by molar-refractivity contribution is 0.00710. The minimum Gasteiger partial charge on any atom is -0.486 e. The zero-order valence-electron chi connectivity index (χ0n) is 9.42. The van der Waals surface area contributed by atoms with Crippen LogP contribution in [0.5, 0.6) is 5.75 Å². The van der Waals surface area contributed by atoms with Crippen molar-refractivity contribution in [2.75, 3.05) is 13.2 Å². The molecule has 1 fully saturated rings. The third-order valence-corrected chi connectivity index (χ3v) is 3.21. The van der Waals surface area contributed by atoms with E-state index in [0.717, 1.165) is 25.0 Å². The van der Waals surface area contributed by atoms with Crippen molar-refractivity contribution in [3.05, 3.63) is 27.7 Å². The molecule has 0 bridgehead atoms. The number of ether oxygens (including phenoxy) is 2. The van der Waals surface area contributed by atoms with Crippen LogP contribution in [0.2, 0.25) is 10.0 Å². The number of rotatable bonds is 3. The summed E-state index contributed by atoms with van der Waals surface area (Å²) in [5.41, 5.74) is 6.49. The number of nitrogens with two attached hydrogens (primary N) is 1. The first-order valence-electron chi connectivity index (χ1n) is 5.63. The van der Waals surface area contributed by atoms with Crippen LogP contribution in [-0.4, -0.2) is 19.3 Å². The van der Waals surface area contributed by atoms with E-state index in [1.54, 1.807) is 12.1 Å². The molecule has 1 aromatic carbocycles. The average Bonchev–Trinajstić information content (AvgIpc) is 2.33. The molecule has 1 aliphatic rings. The largest absolute Gasteiger partial charge is 0.486 e. The Kier molecular flexibility index (Phi) is 4.51. The van der Waals surface area contributed by atoms with Crippen molar-refractivity contribution < 1.29 is 9.47 Å². The highest BCUT2D eigenvalue weighted by Gasteiger charge is 2.19. The van der Waals surface area contributed by atoms with Gasteiger partial charge in [0.05, 0.1) is 11.6 Å². The SMILES string of the molecule is NCc1cc(Cl)cc(Cl)c1OC1CCCOC1. The van der Waals surface area contributed by atoms with Crippen molar-refractivity contribution in [2.45, 2.75) is 25.5 Å². The van der Waals surface area contributed by atoms with Crippen molar-refractivity contribution in [3.8, 4) is 5.75 Å². The van der Waals surface area contributed by atoms with Gasteiger partial charge in [-0.3, -0.25) is 0 Å². The van der Waals surface area contributed by atoms with Gasteiger partial charge in [0.15, 0.2) is 0 Å². The van der Waals surface area contributed by atoms with Crippen LogP contribution in [0, 0.1) is 0 Å². The molecule has 1 unspecified atom stereocenters. The fourth-order valence-electron chi connectivity index (χ4n) is 1.87. The van der Waals surface area contributed by atoms with Gasteiger partial charge in [-0.15, -0.1) is 0 Å². The Hall–Kier alpha value is -0.480. The van der Waals surface area contributed by atoms with Crippen molar-refractivity contribution in [2.24, 2.45) is 5.73 Å². The molecular weight excluding hydrogens is 261 g/mol. The maximum Gasteiger partial charge on any atom is 0.143 e. The van der Waals surface area contributed by atoms with Crippen LogP contribution in [0.3, 0.4) is 0 Å². The summed E-state index contributed by atoms with van der Waals surface area (Å²) >= 11 is 12.1. The lowest BCUT2D eigenvalue weighted by atomic mass is 10.1. The molecule has 0 spiro atoms. The molecule has 1 aromatic rings. The van der Waals surface area contributed by atoms with E-state index in [-0.39, 0.29) is 6.10 Å². The maximum atomic E-state index is 6.13. The number of hydrogen-bond donors (Lipinski definition) is 1. The smallest absolute Gasteiger partial charge is 0.143 e. The standard InChI is InChI=1S/C12H15Cl2NO2/c13-9-4-8(6-15)12(11(14)5-9)17-10-2-1-3-16-7-10/h4-5,10H,1-3,6-7,15H2. The van der Waals surface area contributed by atoms with Gasteiger partial charge in [-0.25, -0.2) is 0 Å². The summed E-state index contributed by atoms with van der Waals surface area (Å²) in [6.45, 7) is 1.75. The van der Waals surface area contributed by atoms with E-state index in [0.29, 0.717) is 28.9 Å². The molecule has 0 aliphatic carbocycles. The van der Waals surface area contributed by atoms with Crippen LogP contribution in [0.4, 0.5) is 0 Å². The van der Waals surface area contributed by atoms with Gasteiger partial charge in [-0.1, -0.05) is 23.2 Å². The van der Waals surface area contributed by atoms with E-state index in [4.69, 9.17) is 38.4 Å². The summed E-state index contributed by atoms with van der Waals surface area (Å²) in [6.07, 6.45) is 2.03. The molecule has 0 saturated carbocycles. The second kappa shape index (κ2) is 5.91. The quantitative estimate of drug-likeness (QED) is 0.923. The van der Waals surface area contributed by atoms with Gasteiger partial charge < -0.3 is 15.2 Å². The lowest BCUT2D eigenvalue weighted by Gasteiger charge is -2.25. The van der Waals surface area contributed by atoms with Gasteiger partial charge in [0, 0.05) is 23.7 Å². The minimum absolute atomic E-state index is 0.0488. The Labute approximate surface area is 111 Å². The van der Waals surface area contributed by atoms with Gasteiger partial charge in [0.1, 0.15) is 11.9 Å². The van der Waals surface area contributed by atoms with Crippen molar-refractivity contribution in [3.63, 3.8) is 0 Å².